The van der Waals surface area contributed by atoms with E-state index in [9.17, 15) is 4.79 Å². The van der Waals surface area contributed by atoms with E-state index in [4.69, 9.17) is 4.52 Å². The Labute approximate surface area is 159 Å². The smallest absolute Gasteiger partial charge is 0.251 e. The van der Waals surface area contributed by atoms with Crippen LogP contribution in [0.2, 0.25) is 0 Å². The van der Waals surface area contributed by atoms with E-state index >= 15 is 0 Å². The third-order valence-electron chi connectivity index (χ3n) is 4.45. The molecule has 3 aromatic rings. The number of nitrogens with one attached hydrogen (secondary N) is 1. The molecule has 0 aliphatic rings. The summed E-state index contributed by atoms with van der Waals surface area (Å²) in [4.78, 5) is 16.9. The lowest BCUT2D eigenvalue weighted by Crippen LogP contribution is -2.27. The summed E-state index contributed by atoms with van der Waals surface area (Å²) in [5.74, 6) is 0.730. The number of hydrogen-bond donors (Lipinski definition) is 1. The summed E-state index contributed by atoms with van der Waals surface area (Å²) in [6.45, 7) is 10.3. The van der Waals surface area contributed by atoms with Gasteiger partial charge in [-0.1, -0.05) is 61.8 Å². The fourth-order valence-corrected chi connectivity index (χ4v) is 2.78. The van der Waals surface area contributed by atoms with Crippen molar-refractivity contribution in [1.82, 2.24) is 15.5 Å². The highest BCUT2D eigenvalue weighted by molar-refractivity contribution is 5.94. The average Bonchev–Trinajstić information content (AvgIpc) is 3.11. The van der Waals surface area contributed by atoms with Gasteiger partial charge < -0.3 is 9.84 Å². The zero-order valence-electron chi connectivity index (χ0n) is 16.4. The van der Waals surface area contributed by atoms with E-state index in [0.29, 0.717) is 17.3 Å². The molecule has 2 aromatic carbocycles. The summed E-state index contributed by atoms with van der Waals surface area (Å²) in [6, 6.07) is 15.2. The van der Waals surface area contributed by atoms with Crippen LogP contribution in [-0.4, -0.2) is 16.0 Å². The molecule has 0 spiro atoms. The molecule has 1 atom stereocenters. The van der Waals surface area contributed by atoms with Crippen LogP contribution in [0.3, 0.4) is 0 Å². The third kappa shape index (κ3) is 4.42. The topological polar surface area (TPSA) is 68.0 Å². The number of hydrogen-bond acceptors (Lipinski definition) is 4. The predicted molar refractivity (Wildman–Crippen MR) is 105 cm³/mol. The molecule has 1 N–H and O–H groups in total. The van der Waals surface area contributed by atoms with Crippen molar-refractivity contribution in [3.8, 4) is 11.4 Å². The lowest BCUT2D eigenvalue weighted by atomic mass is 9.86. The SMILES string of the molecule is Cc1cccc(-c2noc([C@@H](C)NC(=O)c3ccc(C(C)(C)C)cc3)n2)c1. The minimum Gasteiger partial charge on any atom is -0.341 e. The Morgan fingerprint density at radius 2 is 1.81 bits per heavy atom. The number of aromatic nitrogens is 2. The maximum Gasteiger partial charge on any atom is 0.251 e. The summed E-state index contributed by atoms with van der Waals surface area (Å²) < 4.78 is 5.35. The maximum absolute atomic E-state index is 12.5. The molecule has 0 unspecified atom stereocenters. The standard InChI is InChI=1S/C22H25N3O2/c1-14-7-6-8-17(13-14)19-24-21(27-25-19)15(2)23-20(26)16-9-11-18(12-10-16)22(3,4)5/h6-13,15H,1-5H3,(H,23,26)/t15-/m1/s1. The number of carbonyl (C=O) groups is 1. The fourth-order valence-electron chi connectivity index (χ4n) is 2.78. The van der Waals surface area contributed by atoms with Crippen LogP contribution in [-0.2, 0) is 5.41 Å². The largest absolute Gasteiger partial charge is 0.341 e. The molecule has 5 heteroatoms. The minimum atomic E-state index is -0.383. The van der Waals surface area contributed by atoms with E-state index in [1.165, 1.54) is 5.56 Å². The van der Waals surface area contributed by atoms with Crippen molar-refractivity contribution in [2.75, 3.05) is 0 Å². The van der Waals surface area contributed by atoms with E-state index in [2.05, 4.69) is 36.2 Å². The summed E-state index contributed by atoms with van der Waals surface area (Å²) in [5, 5.41) is 6.94. The monoisotopic (exact) mass is 363 g/mol. The Morgan fingerprint density at radius 1 is 1.11 bits per heavy atom. The molecular formula is C22H25N3O2. The highest BCUT2D eigenvalue weighted by atomic mass is 16.5. The minimum absolute atomic E-state index is 0.0538. The summed E-state index contributed by atoms with van der Waals surface area (Å²) in [5.41, 5.74) is 3.86. The molecule has 0 saturated carbocycles. The van der Waals surface area contributed by atoms with Crippen molar-refractivity contribution in [3.05, 3.63) is 71.1 Å². The summed E-state index contributed by atoms with van der Waals surface area (Å²) in [6.07, 6.45) is 0. The quantitative estimate of drug-likeness (QED) is 0.720. The summed E-state index contributed by atoms with van der Waals surface area (Å²) in [7, 11) is 0. The van der Waals surface area contributed by atoms with Gasteiger partial charge in [-0.05, 0) is 43.0 Å². The van der Waals surface area contributed by atoms with Gasteiger partial charge in [0.1, 0.15) is 6.04 Å². The second kappa shape index (κ2) is 7.35. The molecule has 0 radical (unpaired) electrons. The highest BCUT2D eigenvalue weighted by Crippen LogP contribution is 2.23. The average molecular weight is 363 g/mol. The van der Waals surface area contributed by atoms with E-state index in [0.717, 1.165) is 11.1 Å². The van der Waals surface area contributed by atoms with Gasteiger partial charge in [-0.25, -0.2) is 0 Å². The van der Waals surface area contributed by atoms with Crippen molar-refractivity contribution in [3.63, 3.8) is 0 Å². The Kier molecular flexibility index (Phi) is 5.13. The second-order valence-electron chi connectivity index (χ2n) is 7.85. The van der Waals surface area contributed by atoms with E-state index in [1.807, 2.05) is 62.4 Å². The molecule has 0 fully saturated rings. The highest BCUT2D eigenvalue weighted by Gasteiger charge is 2.19. The molecule has 0 aliphatic heterocycles. The molecular weight excluding hydrogens is 338 g/mol. The molecule has 0 bridgehead atoms. The first-order chi connectivity index (χ1) is 12.7. The molecule has 0 aliphatic carbocycles. The number of amides is 1. The first-order valence-corrected chi connectivity index (χ1v) is 9.06. The molecule has 3 rings (SSSR count). The van der Waals surface area contributed by atoms with Gasteiger partial charge in [0.05, 0.1) is 0 Å². The Hall–Kier alpha value is -2.95. The normalized spacial score (nSPS) is 12.6. The van der Waals surface area contributed by atoms with Crippen molar-refractivity contribution in [2.24, 2.45) is 0 Å². The first kappa shape index (κ1) is 18.8. The fraction of sp³-hybridized carbons (Fsp3) is 0.318. The number of carbonyl (C=O) groups excluding carboxylic acids is 1. The Bertz CT molecular complexity index is 937. The van der Waals surface area contributed by atoms with Gasteiger partial charge in [0, 0.05) is 11.1 Å². The Balaban J connectivity index is 1.70. The van der Waals surface area contributed by atoms with Gasteiger partial charge in [0.2, 0.25) is 11.7 Å². The molecule has 27 heavy (non-hydrogen) atoms. The van der Waals surface area contributed by atoms with E-state index in [1.54, 1.807) is 0 Å². The zero-order chi connectivity index (χ0) is 19.6. The van der Waals surface area contributed by atoms with E-state index in [-0.39, 0.29) is 17.4 Å². The van der Waals surface area contributed by atoms with Crippen LogP contribution in [0.1, 0.15) is 61.1 Å². The van der Waals surface area contributed by atoms with Gasteiger partial charge in [-0.2, -0.15) is 4.98 Å². The van der Waals surface area contributed by atoms with Crippen LogP contribution >= 0.6 is 0 Å². The lowest BCUT2D eigenvalue weighted by Gasteiger charge is -2.19. The molecule has 5 nitrogen and oxygen atoms in total. The van der Waals surface area contributed by atoms with Crippen molar-refractivity contribution < 1.29 is 9.32 Å². The van der Waals surface area contributed by atoms with Crippen molar-refractivity contribution in [1.29, 1.82) is 0 Å². The van der Waals surface area contributed by atoms with Crippen LogP contribution in [0, 0.1) is 6.92 Å². The third-order valence-corrected chi connectivity index (χ3v) is 4.45. The molecule has 1 heterocycles. The predicted octanol–water partition coefficient (Wildman–Crippen LogP) is 4.83. The number of nitrogens with zero attached hydrogens (tertiary/aromatic N) is 2. The molecule has 1 aromatic heterocycles. The number of rotatable bonds is 4. The van der Waals surface area contributed by atoms with Crippen LogP contribution in [0.15, 0.2) is 53.1 Å². The Morgan fingerprint density at radius 3 is 2.44 bits per heavy atom. The van der Waals surface area contributed by atoms with Crippen molar-refractivity contribution in [2.45, 2.75) is 46.1 Å². The van der Waals surface area contributed by atoms with Gasteiger partial charge in [0.15, 0.2) is 0 Å². The van der Waals surface area contributed by atoms with Crippen LogP contribution in [0.4, 0.5) is 0 Å². The van der Waals surface area contributed by atoms with Crippen LogP contribution in [0.5, 0.6) is 0 Å². The van der Waals surface area contributed by atoms with Gasteiger partial charge in [0.25, 0.3) is 5.91 Å². The van der Waals surface area contributed by atoms with Crippen molar-refractivity contribution >= 4 is 5.91 Å². The number of benzene rings is 2. The number of aryl methyl sites for hydroxylation is 1. The lowest BCUT2D eigenvalue weighted by molar-refractivity contribution is 0.0932. The van der Waals surface area contributed by atoms with E-state index < -0.39 is 0 Å². The second-order valence-corrected chi connectivity index (χ2v) is 7.85. The van der Waals surface area contributed by atoms with Crippen LogP contribution in [0.25, 0.3) is 11.4 Å². The molecule has 140 valence electrons. The molecule has 1 amide bonds. The maximum atomic E-state index is 12.5. The van der Waals surface area contributed by atoms with Gasteiger partial charge in [-0.3, -0.25) is 4.79 Å². The zero-order valence-corrected chi connectivity index (χ0v) is 16.4. The van der Waals surface area contributed by atoms with Gasteiger partial charge >= 0.3 is 0 Å². The summed E-state index contributed by atoms with van der Waals surface area (Å²) >= 11 is 0. The molecule has 0 saturated heterocycles. The van der Waals surface area contributed by atoms with Gasteiger partial charge in [-0.15, -0.1) is 0 Å². The first-order valence-electron chi connectivity index (χ1n) is 9.06. The van der Waals surface area contributed by atoms with Crippen LogP contribution < -0.4 is 5.32 Å².